The SMILES string of the molecule is C=CC1=NC=CN2CC(c3ccc(F)cc3)N=C12. The van der Waals surface area contributed by atoms with Gasteiger partial charge in [-0.2, -0.15) is 0 Å². The second-order valence-electron chi connectivity index (χ2n) is 4.19. The van der Waals surface area contributed by atoms with Crippen LogP contribution in [0.1, 0.15) is 11.6 Å². The van der Waals surface area contributed by atoms with Gasteiger partial charge in [-0.1, -0.05) is 18.7 Å². The highest BCUT2D eigenvalue weighted by Crippen LogP contribution is 2.27. The molecule has 0 N–H and O–H groups in total. The van der Waals surface area contributed by atoms with Gasteiger partial charge in [0.15, 0.2) is 5.84 Å². The van der Waals surface area contributed by atoms with Gasteiger partial charge >= 0.3 is 0 Å². The summed E-state index contributed by atoms with van der Waals surface area (Å²) in [4.78, 5) is 10.9. The van der Waals surface area contributed by atoms with Gasteiger partial charge in [0.05, 0.1) is 12.6 Å². The van der Waals surface area contributed by atoms with Crippen molar-refractivity contribution in [2.75, 3.05) is 6.54 Å². The summed E-state index contributed by atoms with van der Waals surface area (Å²) < 4.78 is 12.9. The molecule has 0 radical (unpaired) electrons. The molecule has 1 aromatic carbocycles. The van der Waals surface area contributed by atoms with Gasteiger partial charge < -0.3 is 4.90 Å². The van der Waals surface area contributed by atoms with Gasteiger partial charge in [0.25, 0.3) is 0 Å². The summed E-state index contributed by atoms with van der Waals surface area (Å²) in [5.74, 6) is 0.609. The molecule has 0 aliphatic carbocycles. The van der Waals surface area contributed by atoms with E-state index in [2.05, 4.69) is 16.6 Å². The smallest absolute Gasteiger partial charge is 0.154 e. The third kappa shape index (κ3) is 1.76. The monoisotopic (exact) mass is 241 g/mol. The quantitative estimate of drug-likeness (QED) is 0.782. The molecule has 90 valence electrons. The number of halogens is 1. The van der Waals surface area contributed by atoms with Gasteiger partial charge in [0.2, 0.25) is 0 Å². The number of aliphatic imine (C=N–C) groups is 2. The molecular weight excluding hydrogens is 229 g/mol. The van der Waals surface area contributed by atoms with E-state index in [-0.39, 0.29) is 11.9 Å². The van der Waals surface area contributed by atoms with E-state index in [1.165, 1.54) is 12.1 Å². The number of benzene rings is 1. The Hall–Kier alpha value is -2.23. The molecule has 0 bridgehead atoms. The van der Waals surface area contributed by atoms with Crippen LogP contribution in [0, 0.1) is 5.82 Å². The van der Waals surface area contributed by atoms with Crippen LogP contribution in [0.2, 0.25) is 0 Å². The van der Waals surface area contributed by atoms with Crippen molar-refractivity contribution in [1.29, 1.82) is 0 Å². The fourth-order valence-corrected chi connectivity index (χ4v) is 2.14. The number of amidine groups is 1. The fraction of sp³-hybridized carbons (Fsp3) is 0.143. The molecule has 1 atom stereocenters. The minimum absolute atomic E-state index is 0.0218. The van der Waals surface area contributed by atoms with E-state index in [4.69, 9.17) is 0 Å². The zero-order valence-corrected chi connectivity index (χ0v) is 9.75. The molecule has 3 rings (SSSR count). The largest absolute Gasteiger partial charge is 0.327 e. The van der Waals surface area contributed by atoms with Crippen molar-refractivity contribution in [3.05, 3.63) is 60.7 Å². The Kier molecular flexibility index (Phi) is 2.55. The summed E-state index contributed by atoms with van der Waals surface area (Å²) >= 11 is 0. The molecule has 3 nitrogen and oxygen atoms in total. The highest BCUT2D eigenvalue weighted by molar-refractivity contribution is 6.46. The number of fused-ring (bicyclic) bond motifs is 1. The maximum Gasteiger partial charge on any atom is 0.154 e. The van der Waals surface area contributed by atoms with Crippen molar-refractivity contribution < 1.29 is 4.39 Å². The molecule has 0 spiro atoms. The summed E-state index contributed by atoms with van der Waals surface area (Å²) in [6, 6.07) is 6.50. The van der Waals surface area contributed by atoms with Crippen molar-refractivity contribution in [3.8, 4) is 0 Å². The van der Waals surface area contributed by atoms with Crippen molar-refractivity contribution >= 4 is 11.5 Å². The molecule has 18 heavy (non-hydrogen) atoms. The molecule has 0 saturated heterocycles. The zero-order valence-electron chi connectivity index (χ0n) is 9.75. The number of hydrogen-bond acceptors (Lipinski definition) is 3. The first-order valence-corrected chi connectivity index (χ1v) is 5.75. The average Bonchev–Trinajstić information content (AvgIpc) is 2.83. The van der Waals surface area contributed by atoms with E-state index in [0.29, 0.717) is 0 Å². The van der Waals surface area contributed by atoms with Crippen molar-refractivity contribution in [2.24, 2.45) is 9.98 Å². The van der Waals surface area contributed by atoms with E-state index in [9.17, 15) is 4.39 Å². The second kappa shape index (κ2) is 4.22. The highest BCUT2D eigenvalue weighted by atomic mass is 19.1. The first kappa shape index (κ1) is 10.9. The minimum atomic E-state index is -0.227. The first-order chi connectivity index (χ1) is 8.78. The van der Waals surface area contributed by atoms with Crippen molar-refractivity contribution in [3.63, 3.8) is 0 Å². The van der Waals surface area contributed by atoms with Crippen LogP contribution in [0.25, 0.3) is 0 Å². The molecule has 4 heteroatoms. The predicted octanol–water partition coefficient (Wildman–Crippen LogP) is 2.69. The van der Waals surface area contributed by atoms with E-state index in [1.807, 2.05) is 11.1 Å². The van der Waals surface area contributed by atoms with E-state index in [1.54, 1.807) is 24.4 Å². The normalized spacial score (nSPS) is 21.4. The molecular formula is C14H12FN3. The van der Waals surface area contributed by atoms with Gasteiger partial charge in [-0.3, -0.25) is 9.98 Å². The highest BCUT2D eigenvalue weighted by Gasteiger charge is 2.28. The summed E-state index contributed by atoms with van der Waals surface area (Å²) in [5, 5.41) is 0. The van der Waals surface area contributed by atoms with Gasteiger partial charge in [-0.15, -0.1) is 0 Å². The van der Waals surface area contributed by atoms with E-state index >= 15 is 0 Å². The molecule has 1 aromatic rings. The standard InChI is InChI=1S/C14H12FN3/c1-2-12-14-17-13(9-18(14)8-7-16-12)10-3-5-11(15)6-4-10/h2-8,13H,1,9H2. The number of nitrogens with zero attached hydrogens (tertiary/aromatic N) is 3. The Bertz CT molecular complexity index is 569. The van der Waals surface area contributed by atoms with Crippen LogP contribution < -0.4 is 0 Å². The van der Waals surface area contributed by atoms with Crippen LogP contribution in [0.4, 0.5) is 4.39 Å². The molecule has 0 saturated carbocycles. The Morgan fingerprint density at radius 2 is 2.11 bits per heavy atom. The number of hydrogen-bond donors (Lipinski definition) is 0. The van der Waals surface area contributed by atoms with Crippen LogP contribution in [0.3, 0.4) is 0 Å². The third-order valence-corrected chi connectivity index (χ3v) is 3.06. The molecule has 2 heterocycles. The summed E-state index contributed by atoms with van der Waals surface area (Å²) in [6.45, 7) is 4.49. The van der Waals surface area contributed by atoms with Gasteiger partial charge in [-0.05, 0) is 23.8 Å². The Morgan fingerprint density at radius 3 is 2.83 bits per heavy atom. The van der Waals surface area contributed by atoms with Gasteiger partial charge in [0.1, 0.15) is 11.5 Å². The third-order valence-electron chi connectivity index (χ3n) is 3.06. The molecule has 2 aliphatic rings. The lowest BCUT2D eigenvalue weighted by atomic mass is 10.1. The summed E-state index contributed by atoms with van der Waals surface area (Å²) in [7, 11) is 0. The van der Waals surface area contributed by atoms with Crippen LogP contribution in [0.15, 0.2) is 59.3 Å². The summed E-state index contributed by atoms with van der Waals surface area (Å²) in [6.07, 6.45) is 5.33. The molecule has 2 aliphatic heterocycles. The van der Waals surface area contributed by atoms with E-state index in [0.717, 1.165) is 23.7 Å². The van der Waals surface area contributed by atoms with Gasteiger partial charge in [0, 0.05) is 12.4 Å². The van der Waals surface area contributed by atoms with Gasteiger partial charge in [-0.25, -0.2) is 4.39 Å². The predicted molar refractivity (Wildman–Crippen MR) is 70.1 cm³/mol. The molecule has 1 unspecified atom stereocenters. The second-order valence-corrected chi connectivity index (χ2v) is 4.19. The van der Waals surface area contributed by atoms with E-state index < -0.39 is 0 Å². The fourth-order valence-electron chi connectivity index (χ4n) is 2.14. The lowest BCUT2D eigenvalue weighted by molar-refractivity contribution is 0.549. The maximum absolute atomic E-state index is 12.9. The Labute approximate surface area is 105 Å². The lowest BCUT2D eigenvalue weighted by Crippen LogP contribution is -2.30. The minimum Gasteiger partial charge on any atom is -0.327 e. The van der Waals surface area contributed by atoms with Crippen molar-refractivity contribution in [1.82, 2.24) is 4.90 Å². The Balaban J connectivity index is 1.92. The molecule has 0 amide bonds. The molecule has 0 aromatic heterocycles. The van der Waals surface area contributed by atoms with Crippen LogP contribution in [-0.4, -0.2) is 23.0 Å². The summed E-state index contributed by atoms with van der Waals surface area (Å²) in [5.41, 5.74) is 1.79. The Morgan fingerprint density at radius 1 is 1.33 bits per heavy atom. The van der Waals surface area contributed by atoms with Crippen LogP contribution in [0.5, 0.6) is 0 Å². The average molecular weight is 241 g/mol. The lowest BCUT2D eigenvalue weighted by Gasteiger charge is -2.18. The zero-order chi connectivity index (χ0) is 12.5. The van der Waals surface area contributed by atoms with Crippen molar-refractivity contribution in [2.45, 2.75) is 6.04 Å². The topological polar surface area (TPSA) is 28.0 Å². The maximum atomic E-state index is 12.9. The number of rotatable bonds is 2. The van der Waals surface area contributed by atoms with Crippen LogP contribution >= 0.6 is 0 Å². The molecule has 0 fully saturated rings. The first-order valence-electron chi connectivity index (χ1n) is 5.75. The van der Waals surface area contributed by atoms with Crippen LogP contribution in [-0.2, 0) is 0 Å².